The maximum absolute atomic E-state index is 13.0. The zero-order valence-electron chi connectivity index (χ0n) is 15.8. The van der Waals surface area contributed by atoms with Gasteiger partial charge in [-0.25, -0.2) is 19.3 Å². The molecule has 7 nitrogen and oxygen atoms in total. The molecule has 3 heterocycles. The van der Waals surface area contributed by atoms with Crippen molar-refractivity contribution in [2.24, 2.45) is 0 Å². The first-order valence-electron chi connectivity index (χ1n) is 9.55. The molecule has 1 fully saturated rings. The van der Waals surface area contributed by atoms with Crippen LogP contribution in [0.2, 0.25) is 0 Å². The molecule has 0 radical (unpaired) electrons. The largest absolute Gasteiger partial charge is 0.342 e. The summed E-state index contributed by atoms with van der Waals surface area (Å²) in [6.07, 6.45) is 8.40. The average molecular weight is 392 g/mol. The van der Waals surface area contributed by atoms with Gasteiger partial charge >= 0.3 is 0 Å². The van der Waals surface area contributed by atoms with Crippen LogP contribution in [0, 0.1) is 5.82 Å². The average Bonchev–Trinajstić information content (AvgIpc) is 3.25. The lowest BCUT2D eigenvalue weighted by Gasteiger charge is -2.16. The fraction of sp³-hybridized carbons (Fsp3) is 0.286. The SMILES string of the molecule is O=C(CCc1ccc(F)cc1)N1CCC(c2ccnc(Nc3cnccn3)n2)C1. The van der Waals surface area contributed by atoms with E-state index in [1.807, 2.05) is 11.0 Å². The van der Waals surface area contributed by atoms with Crippen molar-refractivity contribution in [3.63, 3.8) is 0 Å². The number of aryl methyl sites for hydroxylation is 1. The second-order valence-corrected chi connectivity index (χ2v) is 6.97. The van der Waals surface area contributed by atoms with Crippen LogP contribution in [0.25, 0.3) is 0 Å². The standard InChI is InChI=1S/C21H21FN6O/c22-17-4-1-15(2-5-17)3-6-20(29)28-12-8-16(14-28)18-7-9-25-21(26-18)27-19-13-23-10-11-24-19/h1-2,4-5,7,9-11,13,16H,3,6,8,12,14H2,(H,24,25,26,27). The van der Waals surface area contributed by atoms with Crippen LogP contribution in [0.1, 0.15) is 30.0 Å². The van der Waals surface area contributed by atoms with Crippen LogP contribution in [-0.2, 0) is 11.2 Å². The fourth-order valence-electron chi connectivity index (χ4n) is 3.43. The number of anilines is 2. The lowest BCUT2D eigenvalue weighted by Crippen LogP contribution is -2.28. The Bertz CT molecular complexity index is 966. The third-order valence-electron chi connectivity index (χ3n) is 4.98. The summed E-state index contributed by atoms with van der Waals surface area (Å²) in [7, 11) is 0. The van der Waals surface area contributed by atoms with E-state index in [4.69, 9.17) is 0 Å². The quantitative estimate of drug-likeness (QED) is 0.694. The van der Waals surface area contributed by atoms with Crippen LogP contribution in [0.15, 0.2) is 55.1 Å². The van der Waals surface area contributed by atoms with Crippen LogP contribution in [0.3, 0.4) is 0 Å². The number of hydrogen-bond acceptors (Lipinski definition) is 6. The van der Waals surface area contributed by atoms with Crippen LogP contribution >= 0.6 is 0 Å². The summed E-state index contributed by atoms with van der Waals surface area (Å²) in [4.78, 5) is 31.4. The molecule has 4 rings (SSSR count). The maximum atomic E-state index is 13.0. The van der Waals surface area contributed by atoms with Gasteiger partial charge in [0.25, 0.3) is 0 Å². The number of aromatic nitrogens is 4. The number of hydrogen-bond donors (Lipinski definition) is 1. The van der Waals surface area contributed by atoms with Crippen molar-refractivity contribution in [3.05, 3.63) is 72.2 Å². The molecule has 0 aliphatic carbocycles. The second kappa shape index (κ2) is 8.72. The molecule has 1 amide bonds. The topological polar surface area (TPSA) is 83.9 Å². The van der Waals surface area contributed by atoms with Crippen LogP contribution in [-0.4, -0.2) is 43.8 Å². The number of halogens is 1. The highest BCUT2D eigenvalue weighted by Crippen LogP contribution is 2.27. The van der Waals surface area contributed by atoms with Crippen molar-refractivity contribution >= 4 is 17.7 Å². The monoisotopic (exact) mass is 392 g/mol. The Kier molecular flexibility index (Phi) is 5.69. The van der Waals surface area contributed by atoms with Crippen molar-refractivity contribution in [2.75, 3.05) is 18.4 Å². The van der Waals surface area contributed by atoms with Gasteiger partial charge in [-0.1, -0.05) is 12.1 Å². The lowest BCUT2D eigenvalue weighted by molar-refractivity contribution is -0.130. The number of nitrogens with one attached hydrogen (secondary N) is 1. The van der Waals surface area contributed by atoms with Gasteiger partial charge < -0.3 is 10.2 Å². The fourth-order valence-corrected chi connectivity index (χ4v) is 3.43. The van der Waals surface area contributed by atoms with Crippen LogP contribution in [0.5, 0.6) is 0 Å². The van der Waals surface area contributed by atoms with E-state index in [-0.39, 0.29) is 17.6 Å². The van der Waals surface area contributed by atoms with Gasteiger partial charge in [-0.05, 0) is 36.6 Å². The minimum Gasteiger partial charge on any atom is -0.342 e. The first kappa shape index (κ1) is 18.9. The van der Waals surface area contributed by atoms with E-state index in [0.717, 1.165) is 17.7 Å². The summed E-state index contributed by atoms with van der Waals surface area (Å²) in [5, 5.41) is 3.04. The summed E-state index contributed by atoms with van der Waals surface area (Å²) < 4.78 is 13.0. The number of amides is 1. The number of carbonyl (C=O) groups excluding carboxylic acids is 1. The van der Waals surface area contributed by atoms with E-state index in [9.17, 15) is 9.18 Å². The predicted octanol–water partition coefficient (Wildman–Crippen LogP) is 3.10. The number of rotatable bonds is 6. The molecule has 3 aromatic rings. The molecule has 0 saturated carbocycles. The first-order valence-corrected chi connectivity index (χ1v) is 9.55. The summed E-state index contributed by atoms with van der Waals surface area (Å²) in [5.74, 6) is 1.07. The van der Waals surface area contributed by atoms with Gasteiger partial charge in [-0.2, -0.15) is 0 Å². The van der Waals surface area contributed by atoms with E-state index in [0.29, 0.717) is 37.7 Å². The summed E-state index contributed by atoms with van der Waals surface area (Å²) in [6.45, 7) is 1.35. The molecule has 1 unspecified atom stereocenters. The summed E-state index contributed by atoms with van der Waals surface area (Å²) in [5.41, 5.74) is 1.87. The zero-order chi connectivity index (χ0) is 20.1. The van der Waals surface area contributed by atoms with E-state index in [1.54, 1.807) is 36.9 Å². The summed E-state index contributed by atoms with van der Waals surface area (Å²) >= 11 is 0. The molecular weight excluding hydrogens is 371 g/mol. The molecule has 0 bridgehead atoms. The van der Waals surface area contributed by atoms with E-state index < -0.39 is 0 Å². The van der Waals surface area contributed by atoms with E-state index in [1.165, 1.54) is 12.1 Å². The highest BCUT2D eigenvalue weighted by atomic mass is 19.1. The lowest BCUT2D eigenvalue weighted by atomic mass is 10.1. The Labute approximate surface area is 168 Å². The first-order chi connectivity index (χ1) is 14.2. The Hall–Kier alpha value is -3.42. The van der Waals surface area contributed by atoms with Gasteiger partial charge in [-0.3, -0.25) is 9.78 Å². The highest BCUT2D eigenvalue weighted by molar-refractivity contribution is 5.76. The molecule has 2 aromatic heterocycles. The normalized spacial score (nSPS) is 16.0. The third kappa shape index (κ3) is 4.90. The van der Waals surface area contributed by atoms with Crippen molar-refractivity contribution in [2.45, 2.75) is 25.2 Å². The van der Waals surface area contributed by atoms with Crippen LogP contribution in [0.4, 0.5) is 16.2 Å². The molecular formula is C21H21FN6O. The van der Waals surface area contributed by atoms with Crippen LogP contribution < -0.4 is 5.32 Å². The van der Waals surface area contributed by atoms with Gasteiger partial charge in [-0.15, -0.1) is 0 Å². The molecule has 1 N–H and O–H groups in total. The maximum Gasteiger partial charge on any atom is 0.228 e. The van der Waals surface area contributed by atoms with Gasteiger partial charge in [0.05, 0.1) is 11.9 Å². The molecule has 29 heavy (non-hydrogen) atoms. The highest BCUT2D eigenvalue weighted by Gasteiger charge is 2.28. The smallest absolute Gasteiger partial charge is 0.228 e. The Balaban J connectivity index is 1.33. The minimum atomic E-state index is -0.263. The molecule has 8 heteroatoms. The Morgan fingerprint density at radius 1 is 1.14 bits per heavy atom. The number of carbonyl (C=O) groups is 1. The molecule has 1 aromatic carbocycles. The van der Waals surface area contributed by atoms with Gasteiger partial charge in [0.2, 0.25) is 11.9 Å². The van der Waals surface area contributed by atoms with Gasteiger partial charge in [0.15, 0.2) is 5.82 Å². The number of benzene rings is 1. The zero-order valence-corrected chi connectivity index (χ0v) is 15.8. The van der Waals surface area contributed by atoms with Crippen molar-refractivity contribution in [1.82, 2.24) is 24.8 Å². The van der Waals surface area contributed by atoms with Crippen molar-refractivity contribution in [1.29, 1.82) is 0 Å². The second-order valence-electron chi connectivity index (χ2n) is 6.97. The molecule has 0 spiro atoms. The number of nitrogens with zero attached hydrogens (tertiary/aromatic N) is 5. The molecule has 1 atom stereocenters. The molecule has 1 aliphatic rings. The minimum absolute atomic E-state index is 0.115. The summed E-state index contributed by atoms with van der Waals surface area (Å²) in [6, 6.07) is 8.18. The predicted molar refractivity (Wildman–Crippen MR) is 106 cm³/mol. The third-order valence-corrected chi connectivity index (χ3v) is 4.98. The number of likely N-dealkylation sites (tertiary alicyclic amines) is 1. The van der Waals surface area contributed by atoms with Gasteiger partial charge in [0, 0.05) is 44.0 Å². The van der Waals surface area contributed by atoms with Crippen molar-refractivity contribution in [3.8, 4) is 0 Å². The molecule has 1 saturated heterocycles. The Morgan fingerprint density at radius 2 is 2.00 bits per heavy atom. The van der Waals surface area contributed by atoms with E-state index in [2.05, 4.69) is 25.3 Å². The molecule has 1 aliphatic heterocycles. The Morgan fingerprint density at radius 3 is 2.79 bits per heavy atom. The van der Waals surface area contributed by atoms with E-state index >= 15 is 0 Å². The van der Waals surface area contributed by atoms with Crippen molar-refractivity contribution < 1.29 is 9.18 Å². The molecule has 148 valence electrons. The van der Waals surface area contributed by atoms with Gasteiger partial charge in [0.1, 0.15) is 5.82 Å².